The summed E-state index contributed by atoms with van der Waals surface area (Å²) in [5.41, 5.74) is 6.75. The minimum atomic E-state index is -0.402. The first kappa shape index (κ1) is 11.4. The number of furan rings is 1. The Morgan fingerprint density at radius 3 is 2.71 bits per heavy atom. The third kappa shape index (κ3) is 2.95. The number of carbonyl (C=O) groups excluding carboxylic acids is 1. The largest absolute Gasteiger partial charge is 0.468 e. The lowest BCUT2D eigenvalue weighted by molar-refractivity contribution is 0.0999. The van der Waals surface area contributed by atoms with Crippen LogP contribution >= 0.6 is 0 Å². The number of hydrogen-bond acceptors (Lipinski definition) is 3. The van der Waals surface area contributed by atoms with Crippen LogP contribution in [0.25, 0.3) is 0 Å². The average molecular weight is 230 g/mol. The molecular formula is C13H14N2O2. The Kier molecular flexibility index (Phi) is 3.57. The van der Waals surface area contributed by atoms with Crippen LogP contribution < -0.4 is 11.1 Å². The van der Waals surface area contributed by atoms with Crippen molar-refractivity contribution in [3.8, 4) is 0 Å². The van der Waals surface area contributed by atoms with Crippen molar-refractivity contribution in [3.05, 3.63) is 59.5 Å². The second-order valence-electron chi connectivity index (χ2n) is 3.70. The Balaban J connectivity index is 1.97. The maximum atomic E-state index is 11.2. The molecule has 2 rings (SSSR count). The first-order valence-corrected chi connectivity index (χ1v) is 5.38. The summed E-state index contributed by atoms with van der Waals surface area (Å²) in [6, 6.07) is 11.0. The molecule has 0 spiro atoms. The van der Waals surface area contributed by atoms with Gasteiger partial charge in [-0.05, 0) is 23.8 Å². The van der Waals surface area contributed by atoms with Crippen molar-refractivity contribution in [1.29, 1.82) is 0 Å². The quantitative estimate of drug-likeness (QED) is 0.821. The van der Waals surface area contributed by atoms with Crippen LogP contribution in [-0.4, -0.2) is 5.91 Å². The minimum absolute atomic E-state index is 0.402. The molecule has 0 atom stereocenters. The van der Waals surface area contributed by atoms with Gasteiger partial charge in [-0.1, -0.05) is 18.2 Å². The van der Waals surface area contributed by atoms with E-state index in [9.17, 15) is 4.79 Å². The third-order valence-corrected chi connectivity index (χ3v) is 2.48. The molecule has 0 aliphatic carbocycles. The summed E-state index contributed by atoms with van der Waals surface area (Å²) < 4.78 is 5.19. The number of rotatable bonds is 5. The number of hydrogen-bond donors (Lipinski definition) is 2. The molecule has 0 saturated carbocycles. The van der Waals surface area contributed by atoms with Gasteiger partial charge >= 0.3 is 0 Å². The number of carbonyl (C=O) groups is 1. The van der Waals surface area contributed by atoms with Gasteiger partial charge in [0.05, 0.1) is 12.8 Å². The topological polar surface area (TPSA) is 68.3 Å². The second-order valence-corrected chi connectivity index (χ2v) is 3.70. The number of nitrogens with two attached hydrogens (primary N) is 1. The molecule has 0 aliphatic rings. The monoisotopic (exact) mass is 230 g/mol. The predicted molar refractivity (Wildman–Crippen MR) is 64.2 cm³/mol. The van der Waals surface area contributed by atoms with Gasteiger partial charge in [0.25, 0.3) is 0 Å². The molecule has 1 amide bonds. The molecule has 0 fully saturated rings. The first-order chi connectivity index (χ1) is 8.27. The van der Waals surface area contributed by atoms with Crippen LogP contribution in [0.2, 0.25) is 0 Å². The Hall–Kier alpha value is -2.07. The molecule has 1 heterocycles. The molecule has 0 unspecified atom stereocenters. The smallest absolute Gasteiger partial charge is 0.249 e. The van der Waals surface area contributed by atoms with E-state index in [1.54, 1.807) is 18.4 Å². The Morgan fingerprint density at radius 1 is 1.18 bits per heavy atom. The zero-order valence-electron chi connectivity index (χ0n) is 9.35. The zero-order chi connectivity index (χ0) is 12.1. The lowest BCUT2D eigenvalue weighted by Crippen LogP contribution is -2.18. The highest BCUT2D eigenvalue weighted by Gasteiger charge is 2.06. The number of nitrogens with one attached hydrogen (secondary N) is 1. The Bertz CT molecular complexity index is 492. The van der Waals surface area contributed by atoms with Crippen molar-refractivity contribution >= 4 is 5.91 Å². The van der Waals surface area contributed by atoms with Gasteiger partial charge in [0.1, 0.15) is 5.76 Å². The fraction of sp³-hybridized carbons (Fsp3) is 0.154. The second kappa shape index (κ2) is 5.32. The van der Waals surface area contributed by atoms with E-state index in [-0.39, 0.29) is 0 Å². The fourth-order valence-corrected chi connectivity index (χ4v) is 1.65. The van der Waals surface area contributed by atoms with E-state index in [1.165, 1.54) is 0 Å². The third-order valence-electron chi connectivity index (χ3n) is 2.48. The molecule has 0 bridgehead atoms. The van der Waals surface area contributed by atoms with Crippen molar-refractivity contribution in [3.63, 3.8) is 0 Å². The lowest BCUT2D eigenvalue weighted by Gasteiger charge is -2.07. The van der Waals surface area contributed by atoms with Crippen molar-refractivity contribution < 1.29 is 9.21 Å². The average Bonchev–Trinajstić information content (AvgIpc) is 2.82. The number of amides is 1. The van der Waals surface area contributed by atoms with Gasteiger partial charge in [-0.2, -0.15) is 0 Å². The summed E-state index contributed by atoms with van der Waals surface area (Å²) in [7, 11) is 0. The van der Waals surface area contributed by atoms with Gasteiger partial charge in [0.2, 0.25) is 5.91 Å². The van der Waals surface area contributed by atoms with E-state index in [0.29, 0.717) is 18.7 Å². The van der Waals surface area contributed by atoms with E-state index < -0.39 is 5.91 Å². The van der Waals surface area contributed by atoms with Gasteiger partial charge in [-0.15, -0.1) is 0 Å². The Morgan fingerprint density at radius 2 is 2.00 bits per heavy atom. The lowest BCUT2D eigenvalue weighted by atomic mass is 10.1. The van der Waals surface area contributed by atoms with Crippen LogP contribution in [0.5, 0.6) is 0 Å². The molecule has 0 saturated heterocycles. The van der Waals surface area contributed by atoms with Crippen molar-refractivity contribution in [2.75, 3.05) is 0 Å². The van der Waals surface area contributed by atoms with E-state index in [2.05, 4.69) is 5.32 Å². The van der Waals surface area contributed by atoms with Crippen molar-refractivity contribution in [2.45, 2.75) is 13.1 Å². The normalized spacial score (nSPS) is 10.4. The summed E-state index contributed by atoms with van der Waals surface area (Å²) >= 11 is 0. The van der Waals surface area contributed by atoms with Gasteiger partial charge in [-0.3, -0.25) is 4.79 Å². The molecule has 1 aromatic heterocycles. The highest BCUT2D eigenvalue weighted by molar-refractivity contribution is 5.94. The van der Waals surface area contributed by atoms with Crippen LogP contribution in [0, 0.1) is 0 Å². The zero-order valence-corrected chi connectivity index (χ0v) is 9.35. The molecule has 0 aliphatic heterocycles. The molecule has 1 aromatic carbocycles. The van der Waals surface area contributed by atoms with E-state index in [4.69, 9.17) is 10.2 Å². The van der Waals surface area contributed by atoms with Gasteiger partial charge in [0.15, 0.2) is 0 Å². The fourth-order valence-electron chi connectivity index (χ4n) is 1.65. The van der Waals surface area contributed by atoms with E-state index in [0.717, 1.165) is 11.3 Å². The van der Waals surface area contributed by atoms with Crippen LogP contribution in [0.1, 0.15) is 21.7 Å². The standard InChI is InChI=1S/C13H14N2O2/c14-13(16)12-6-2-1-4-10(12)8-15-9-11-5-3-7-17-11/h1-7,15H,8-9H2,(H2,14,16). The van der Waals surface area contributed by atoms with Crippen LogP contribution in [0.4, 0.5) is 0 Å². The van der Waals surface area contributed by atoms with Crippen molar-refractivity contribution in [1.82, 2.24) is 5.32 Å². The first-order valence-electron chi connectivity index (χ1n) is 5.38. The summed E-state index contributed by atoms with van der Waals surface area (Å²) in [5.74, 6) is 0.460. The van der Waals surface area contributed by atoms with Crippen LogP contribution in [0.3, 0.4) is 0 Å². The van der Waals surface area contributed by atoms with Crippen LogP contribution in [-0.2, 0) is 13.1 Å². The summed E-state index contributed by atoms with van der Waals surface area (Å²) in [6.45, 7) is 1.21. The molecule has 4 nitrogen and oxygen atoms in total. The molecule has 17 heavy (non-hydrogen) atoms. The SMILES string of the molecule is NC(=O)c1ccccc1CNCc1ccco1. The maximum Gasteiger partial charge on any atom is 0.249 e. The summed E-state index contributed by atoms with van der Waals surface area (Å²) in [5, 5.41) is 3.20. The molecule has 2 aromatic rings. The van der Waals surface area contributed by atoms with E-state index >= 15 is 0 Å². The van der Waals surface area contributed by atoms with Crippen LogP contribution in [0.15, 0.2) is 47.1 Å². The highest BCUT2D eigenvalue weighted by atomic mass is 16.3. The van der Waals surface area contributed by atoms with Gasteiger partial charge < -0.3 is 15.5 Å². The predicted octanol–water partition coefficient (Wildman–Crippen LogP) is 1.67. The van der Waals surface area contributed by atoms with Gasteiger partial charge in [-0.25, -0.2) is 0 Å². The number of primary amides is 1. The minimum Gasteiger partial charge on any atom is -0.468 e. The number of benzene rings is 1. The molecular weight excluding hydrogens is 216 g/mol. The maximum absolute atomic E-state index is 11.2. The van der Waals surface area contributed by atoms with Crippen molar-refractivity contribution in [2.24, 2.45) is 5.73 Å². The molecule has 4 heteroatoms. The highest BCUT2D eigenvalue weighted by Crippen LogP contribution is 2.08. The molecule has 88 valence electrons. The summed E-state index contributed by atoms with van der Waals surface area (Å²) in [6.07, 6.45) is 1.63. The molecule has 3 N–H and O–H groups in total. The Labute approximate surface area is 99.4 Å². The van der Waals surface area contributed by atoms with Gasteiger partial charge in [0, 0.05) is 12.1 Å². The van der Waals surface area contributed by atoms with E-state index in [1.807, 2.05) is 24.3 Å². The molecule has 0 radical (unpaired) electrons. The summed E-state index contributed by atoms with van der Waals surface area (Å²) in [4.78, 5) is 11.2.